The predicted octanol–water partition coefficient (Wildman–Crippen LogP) is 0.147. The van der Waals surface area contributed by atoms with Gasteiger partial charge in [-0.2, -0.15) is 0 Å². The van der Waals surface area contributed by atoms with Gasteiger partial charge < -0.3 is 16.8 Å². The molecule has 0 spiro atoms. The first-order valence-corrected chi connectivity index (χ1v) is 6.73. The molecule has 1 aromatic rings. The third kappa shape index (κ3) is 3.79. The number of anilines is 1. The van der Waals surface area contributed by atoms with Crippen molar-refractivity contribution in [2.24, 2.45) is 11.5 Å². The van der Waals surface area contributed by atoms with Crippen molar-refractivity contribution in [3.05, 3.63) is 29.8 Å². The Hall–Kier alpha value is -1.92. The summed E-state index contributed by atoms with van der Waals surface area (Å²) < 4.78 is 0. The summed E-state index contributed by atoms with van der Waals surface area (Å²) in [5.74, 6) is -0.714. The molecule has 2 rings (SSSR count). The third-order valence-electron chi connectivity index (χ3n) is 3.38. The van der Waals surface area contributed by atoms with Gasteiger partial charge in [-0.05, 0) is 31.5 Å². The minimum atomic E-state index is -0.555. The second-order valence-corrected chi connectivity index (χ2v) is 5.10. The molecule has 1 fully saturated rings. The number of piperidine rings is 1. The molecular formula is C14H20N4O2. The second-order valence-electron chi connectivity index (χ2n) is 5.10. The summed E-state index contributed by atoms with van der Waals surface area (Å²) in [6.07, 6.45) is 2.01. The van der Waals surface area contributed by atoms with Crippen molar-refractivity contribution in [1.82, 2.24) is 4.90 Å². The minimum Gasteiger partial charge on any atom is -0.366 e. The number of primary amides is 1. The van der Waals surface area contributed by atoms with E-state index in [1.54, 1.807) is 24.3 Å². The zero-order valence-electron chi connectivity index (χ0n) is 11.3. The van der Waals surface area contributed by atoms with E-state index in [1.807, 2.05) is 4.90 Å². The number of nitrogens with zero attached hydrogens (tertiary/aromatic N) is 1. The molecule has 108 valence electrons. The lowest BCUT2D eigenvalue weighted by atomic mass is 10.1. The van der Waals surface area contributed by atoms with Gasteiger partial charge in [0.05, 0.1) is 17.8 Å². The topological polar surface area (TPSA) is 101 Å². The molecule has 6 nitrogen and oxygen atoms in total. The first kappa shape index (κ1) is 14.5. The molecule has 0 saturated carbocycles. The van der Waals surface area contributed by atoms with Gasteiger partial charge in [-0.3, -0.25) is 14.5 Å². The molecule has 2 amide bonds. The van der Waals surface area contributed by atoms with Crippen molar-refractivity contribution >= 4 is 17.5 Å². The van der Waals surface area contributed by atoms with E-state index in [4.69, 9.17) is 11.5 Å². The molecule has 0 aliphatic carbocycles. The maximum Gasteiger partial charge on any atom is 0.250 e. The number of nitrogens with one attached hydrogen (secondary N) is 1. The van der Waals surface area contributed by atoms with Crippen LogP contribution in [0.1, 0.15) is 23.2 Å². The number of hydrogen-bond donors (Lipinski definition) is 3. The average Bonchev–Trinajstić information content (AvgIpc) is 2.38. The third-order valence-corrected chi connectivity index (χ3v) is 3.38. The van der Waals surface area contributed by atoms with Crippen molar-refractivity contribution in [2.45, 2.75) is 18.9 Å². The maximum absolute atomic E-state index is 12.0. The van der Waals surface area contributed by atoms with Crippen LogP contribution in [-0.2, 0) is 4.79 Å². The van der Waals surface area contributed by atoms with Gasteiger partial charge in [0.25, 0.3) is 5.91 Å². The van der Waals surface area contributed by atoms with Crippen LogP contribution in [0.25, 0.3) is 0 Å². The van der Waals surface area contributed by atoms with Crippen LogP contribution < -0.4 is 16.8 Å². The Kier molecular flexibility index (Phi) is 4.70. The molecule has 0 unspecified atom stereocenters. The van der Waals surface area contributed by atoms with Gasteiger partial charge >= 0.3 is 0 Å². The lowest BCUT2D eigenvalue weighted by Gasteiger charge is -2.30. The number of amides is 2. The van der Waals surface area contributed by atoms with Gasteiger partial charge in [-0.25, -0.2) is 0 Å². The van der Waals surface area contributed by atoms with Crippen LogP contribution in [0.5, 0.6) is 0 Å². The van der Waals surface area contributed by atoms with Gasteiger partial charge in [-0.1, -0.05) is 12.1 Å². The summed E-state index contributed by atoms with van der Waals surface area (Å²) >= 11 is 0. The van der Waals surface area contributed by atoms with Gasteiger partial charge in [0.1, 0.15) is 0 Å². The van der Waals surface area contributed by atoms with Crippen LogP contribution in [0.4, 0.5) is 5.69 Å². The van der Waals surface area contributed by atoms with Crippen LogP contribution in [0, 0.1) is 0 Å². The lowest BCUT2D eigenvalue weighted by Crippen LogP contribution is -2.45. The number of benzene rings is 1. The first-order chi connectivity index (χ1) is 9.56. The molecule has 5 N–H and O–H groups in total. The van der Waals surface area contributed by atoms with Crippen molar-refractivity contribution in [3.8, 4) is 0 Å². The molecule has 1 saturated heterocycles. The maximum atomic E-state index is 12.0. The molecule has 0 aromatic heterocycles. The lowest BCUT2D eigenvalue weighted by molar-refractivity contribution is -0.117. The van der Waals surface area contributed by atoms with Crippen molar-refractivity contribution in [1.29, 1.82) is 0 Å². The Balaban J connectivity index is 1.96. The summed E-state index contributed by atoms with van der Waals surface area (Å²) in [6, 6.07) is 6.85. The molecule has 1 aliphatic rings. The zero-order chi connectivity index (χ0) is 14.5. The molecule has 0 radical (unpaired) electrons. The Labute approximate surface area is 118 Å². The summed E-state index contributed by atoms with van der Waals surface area (Å²) in [7, 11) is 0. The second kappa shape index (κ2) is 6.49. The highest BCUT2D eigenvalue weighted by molar-refractivity contribution is 6.03. The summed E-state index contributed by atoms with van der Waals surface area (Å²) in [4.78, 5) is 25.3. The van der Waals surface area contributed by atoms with Crippen molar-refractivity contribution in [3.63, 3.8) is 0 Å². The monoisotopic (exact) mass is 276 g/mol. The Morgan fingerprint density at radius 3 is 2.80 bits per heavy atom. The van der Waals surface area contributed by atoms with Crippen LogP contribution >= 0.6 is 0 Å². The summed E-state index contributed by atoms with van der Waals surface area (Å²) in [5, 5.41) is 2.73. The van der Waals surface area contributed by atoms with Crippen LogP contribution in [0.3, 0.4) is 0 Å². The largest absolute Gasteiger partial charge is 0.366 e. The van der Waals surface area contributed by atoms with Gasteiger partial charge in [-0.15, -0.1) is 0 Å². The van der Waals surface area contributed by atoms with Crippen LogP contribution in [0.2, 0.25) is 0 Å². The molecule has 1 heterocycles. The Morgan fingerprint density at radius 2 is 2.10 bits per heavy atom. The number of nitrogens with two attached hydrogens (primary N) is 2. The fraction of sp³-hybridized carbons (Fsp3) is 0.429. The van der Waals surface area contributed by atoms with Gasteiger partial charge in [0, 0.05) is 12.6 Å². The molecule has 1 atom stereocenters. The average molecular weight is 276 g/mol. The quantitative estimate of drug-likeness (QED) is 0.728. The number of likely N-dealkylation sites (tertiary alicyclic amines) is 1. The summed E-state index contributed by atoms with van der Waals surface area (Å²) in [5.41, 5.74) is 11.9. The van der Waals surface area contributed by atoms with Gasteiger partial charge in [0.15, 0.2) is 0 Å². The smallest absolute Gasteiger partial charge is 0.250 e. The Bertz CT molecular complexity index is 504. The van der Waals surface area contributed by atoms with Crippen molar-refractivity contribution in [2.75, 3.05) is 25.0 Å². The van der Waals surface area contributed by atoms with E-state index in [9.17, 15) is 9.59 Å². The SMILES string of the molecule is NC(=O)c1ccccc1NC(=O)CN1CCC[C@@H](N)C1. The molecular weight excluding hydrogens is 256 g/mol. The van der Waals surface area contributed by atoms with Crippen LogP contribution in [-0.4, -0.2) is 42.4 Å². The highest BCUT2D eigenvalue weighted by atomic mass is 16.2. The molecule has 0 bridgehead atoms. The number of hydrogen-bond acceptors (Lipinski definition) is 4. The number of carbonyl (C=O) groups is 2. The minimum absolute atomic E-state index is 0.134. The van der Waals surface area contributed by atoms with E-state index in [-0.39, 0.29) is 18.5 Å². The standard InChI is InChI=1S/C14H20N4O2/c15-10-4-3-7-18(8-10)9-13(19)17-12-6-2-1-5-11(12)14(16)20/h1-2,5-6,10H,3-4,7-9,15H2,(H2,16,20)(H,17,19)/t10-/m1/s1. The number of rotatable bonds is 4. The Morgan fingerprint density at radius 1 is 1.35 bits per heavy atom. The highest BCUT2D eigenvalue weighted by Crippen LogP contribution is 2.14. The van der Waals surface area contributed by atoms with E-state index in [0.717, 1.165) is 25.9 Å². The normalized spacial score (nSPS) is 19.6. The van der Waals surface area contributed by atoms with E-state index >= 15 is 0 Å². The predicted molar refractivity (Wildman–Crippen MR) is 77.2 cm³/mol. The number of para-hydroxylation sites is 1. The number of carbonyl (C=O) groups excluding carboxylic acids is 2. The fourth-order valence-corrected chi connectivity index (χ4v) is 2.43. The van der Waals surface area contributed by atoms with E-state index in [0.29, 0.717) is 11.3 Å². The highest BCUT2D eigenvalue weighted by Gasteiger charge is 2.19. The van der Waals surface area contributed by atoms with E-state index in [2.05, 4.69) is 5.32 Å². The molecule has 20 heavy (non-hydrogen) atoms. The molecule has 1 aliphatic heterocycles. The summed E-state index contributed by atoms with van der Waals surface area (Å²) in [6.45, 7) is 1.88. The van der Waals surface area contributed by atoms with E-state index in [1.165, 1.54) is 0 Å². The van der Waals surface area contributed by atoms with Crippen LogP contribution in [0.15, 0.2) is 24.3 Å². The van der Waals surface area contributed by atoms with E-state index < -0.39 is 5.91 Å². The van der Waals surface area contributed by atoms with Gasteiger partial charge in [0.2, 0.25) is 5.91 Å². The molecule has 6 heteroatoms. The molecule has 1 aromatic carbocycles. The first-order valence-electron chi connectivity index (χ1n) is 6.73. The van der Waals surface area contributed by atoms with Crippen molar-refractivity contribution < 1.29 is 9.59 Å². The fourth-order valence-electron chi connectivity index (χ4n) is 2.43. The zero-order valence-corrected chi connectivity index (χ0v) is 11.3.